The van der Waals surface area contributed by atoms with Gasteiger partial charge in [0.15, 0.2) is 12.2 Å². The van der Waals surface area contributed by atoms with Crippen molar-refractivity contribution in [3.8, 4) is 0 Å². The molecule has 3 N–H and O–H groups in total. The van der Waals surface area contributed by atoms with Gasteiger partial charge in [-0.2, -0.15) is 0 Å². The summed E-state index contributed by atoms with van der Waals surface area (Å²) < 4.78 is 68.5. The molecule has 0 heterocycles. The van der Waals surface area contributed by atoms with E-state index < -0.39 is 97.5 Å². The first kappa shape index (κ1) is 92.1. The van der Waals surface area contributed by atoms with E-state index >= 15 is 0 Å². The second kappa shape index (κ2) is 66.9. The van der Waals surface area contributed by atoms with Crippen molar-refractivity contribution in [2.75, 3.05) is 39.6 Å². The highest BCUT2D eigenvalue weighted by atomic mass is 31.2. The lowest BCUT2D eigenvalue weighted by atomic mass is 9.99. The SMILES string of the molecule is CCCCCCCCCCCCCCCC(=O)OC[C@H](COP(=O)(O)OC[C@@H](O)COP(=O)(O)OC[C@@H](COC(=O)CCCCCCCCCCCCC)OC(=O)CCCCCCCCCCC(C)CC)OC(=O)CCCCCCCCCCCCCCCCC(C)CC. The van der Waals surface area contributed by atoms with Crippen LogP contribution in [0.4, 0.5) is 0 Å². The third-order valence-corrected chi connectivity index (χ3v) is 20.1. The van der Waals surface area contributed by atoms with Gasteiger partial charge in [-0.25, -0.2) is 9.13 Å². The molecule has 0 aromatic rings. The molecule has 7 atom stereocenters. The van der Waals surface area contributed by atoms with Gasteiger partial charge in [0, 0.05) is 25.7 Å². The summed E-state index contributed by atoms with van der Waals surface area (Å²) in [6.07, 6.45) is 53.8. The Morgan fingerprint density at radius 3 is 0.755 bits per heavy atom. The molecular weight excluding hydrogens is 1230 g/mol. The molecule has 0 bridgehead atoms. The number of phosphoric acid groups is 2. The molecule has 0 aromatic carbocycles. The van der Waals surface area contributed by atoms with Crippen molar-refractivity contribution in [2.24, 2.45) is 11.8 Å². The fourth-order valence-corrected chi connectivity index (χ4v) is 13.0. The van der Waals surface area contributed by atoms with Crippen LogP contribution in [0.1, 0.15) is 388 Å². The number of ether oxygens (including phenoxy) is 4. The Hall–Kier alpha value is -1.94. The normalized spacial score (nSPS) is 14.6. The smallest absolute Gasteiger partial charge is 0.462 e. The van der Waals surface area contributed by atoms with Crippen molar-refractivity contribution in [3.05, 3.63) is 0 Å². The van der Waals surface area contributed by atoms with Crippen LogP contribution in [0.3, 0.4) is 0 Å². The van der Waals surface area contributed by atoms with E-state index in [1.807, 2.05) is 0 Å². The minimum atomic E-state index is -4.96. The first-order chi connectivity index (χ1) is 45.4. The zero-order valence-electron chi connectivity index (χ0n) is 61.3. The largest absolute Gasteiger partial charge is 0.472 e. The van der Waals surface area contributed by atoms with E-state index in [4.69, 9.17) is 37.0 Å². The lowest BCUT2D eigenvalue weighted by Crippen LogP contribution is -2.30. The van der Waals surface area contributed by atoms with Crippen LogP contribution in [0.25, 0.3) is 0 Å². The van der Waals surface area contributed by atoms with Gasteiger partial charge in [-0.15, -0.1) is 0 Å². The summed E-state index contributed by atoms with van der Waals surface area (Å²) in [4.78, 5) is 72.8. The van der Waals surface area contributed by atoms with E-state index in [9.17, 15) is 43.2 Å². The first-order valence-electron chi connectivity index (χ1n) is 39.1. The van der Waals surface area contributed by atoms with Crippen LogP contribution in [0.5, 0.6) is 0 Å². The van der Waals surface area contributed by atoms with E-state index in [1.165, 1.54) is 205 Å². The molecular formula is C75H146O17P2. The maximum atomic E-state index is 13.1. The lowest BCUT2D eigenvalue weighted by Gasteiger charge is -2.21. The number of aliphatic hydroxyl groups excluding tert-OH is 1. The van der Waals surface area contributed by atoms with Gasteiger partial charge in [-0.3, -0.25) is 37.3 Å². The number of aliphatic hydroxyl groups is 1. The summed E-state index contributed by atoms with van der Waals surface area (Å²) in [5.74, 6) is -0.501. The highest BCUT2D eigenvalue weighted by molar-refractivity contribution is 7.47. The van der Waals surface area contributed by atoms with Crippen LogP contribution in [0, 0.1) is 11.8 Å². The van der Waals surface area contributed by atoms with Crippen LogP contribution < -0.4 is 0 Å². The summed E-state index contributed by atoms with van der Waals surface area (Å²) >= 11 is 0. The maximum Gasteiger partial charge on any atom is 0.472 e. The number of unbranched alkanes of at least 4 members (excludes halogenated alkanes) is 42. The topological polar surface area (TPSA) is 237 Å². The maximum absolute atomic E-state index is 13.1. The van der Waals surface area contributed by atoms with Crippen LogP contribution in [-0.4, -0.2) is 96.7 Å². The molecule has 0 aliphatic rings. The molecule has 94 heavy (non-hydrogen) atoms. The molecule has 0 fully saturated rings. The fraction of sp³-hybridized carbons (Fsp3) is 0.947. The van der Waals surface area contributed by atoms with Crippen LogP contribution in [-0.2, 0) is 65.4 Å². The van der Waals surface area contributed by atoms with Crippen molar-refractivity contribution in [1.82, 2.24) is 0 Å². The Bertz CT molecular complexity index is 1820. The molecule has 558 valence electrons. The Balaban J connectivity index is 5.25. The van der Waals surface area contributed by atoms with Crippen molar-refractivity contribution in [3.63, 3.8) is 0 Å². The number of rotatable bonds is 74. The molecule has 0 aliphatic heterocycles. The van der Waals surface area contributed by atoms with Gasteiger partial charge >= 0.3 is 39.5 Å². The third kappa shape index (κ3) is 66.0. The molecule has 0 aromatic heterocycles. The quantitative estimate of drug-likeness (QED) is 0.0222. The molecule has 0 saturated carbocycles. The summed E-state index contributed by atoms with van der Waals surface area (Å²) in [6, 6.07) is 0. The fourth-order valence-electron chi connectivity index (χ4n) is 11.4. The molecule has 0 rings (SSSR count). The van der Waals surface area contributed by atoms with Gasteiger partial charge in [0.1, 0.15) is 19.3 Å². The number of hydrogen-bond donors (Lipinski definition) is 3. The predicted molar refractivity (Wildman–Crippen MR) is 381 cm³/mol. The molecule has 0 radical (unpaired) electrons. The van der Waals surface area contributed by atoms with Crippen molar-refractivity contribution < 1.29 is 80.2 Å². The number of esters is 4. The van der Waals surface area contributed by atoms with Gasteiger partial charge in [0.2, 0.25) is 0 Å². The minimum absolute atomic E-state index is 0.105. The van der Waals surface area contributed by atoms with E-state index in [-0.39, 0.29) is 25.7 Å². The number of carbonyl (C=O) groups excluding carboxylic acids is 4. The standard InChI is InChI=1S/C75H146O17P2/c1-7-11-13-15-17-19-21-24-29-33-40-46-52-58-73(78)86-63-70(91-74(79)59-53-47-41-34-30-26-23-22-25-28-31-37-43-49-55-67(5)9-3)65-89-93(81,82)87-61-69(76)62-88-94(83,84)90-66-71(64-85-72(77)57-51-45-39-32-27-20-18-16-14-12-8-2)92-75(80)60-54-48-42-36-35-38-44-50-56-68(6)10-4/h67-71,76H,7-66H2,1-6H3,(H,81,82)(H,83,84)/t67?,68?,69-,70-,71-/m1/s1. The van der Waals surface area contributed by atoms with Gasteiger partial charge in [-0.05, 0) is 37.5 Å². The molecule has 19 heteroatoms. The zero-order chi connectivity index (χ0) is 69.3. The highest BCUT2D eigenvalue weighted by Gasteiger charge is 2.30. The van der Waals surface area contributed by atoms with E-state index in [1.54, 1.807) is 0 Å². The average Bonchev–Trinajstić information content (AvgIpc) is 1.31. The Labute approximate surface area is 575 Å². The van der Waals surface area contributed by atoms with E-state index in [2.05, 4.69) is 41.5 Å². The molecule has 0 amide bonds. The van der Waals surface area contributed by atoms with Gasteiger partial charge in [0.05, 0.1) is 26.4 Å². The van der Waals surface area contributed by atoms with E-state index in [0.717, 1.165) is 102 Å². The Morgan fingerprint density at radius 1 is 0.298 bits per heavy atom. The van der Waals surface area contributed by atoms with Crippen molar-refractivity contribution in [1.29, 1.82) is 0 Å². The van der Waals surface area contributed by atoms with Gasteiger partial charge in [-0.1, -0.05) is 337 Å². The van der Waals surface area contributed by atoms with E-state index in [0.29, 0.717) is 25.7 Å². The third-order valence-electron chi connectivity index (χ3n) is 18.2. The number of carbonyl (C=O) groups is 4. The second-order valence-corrected chi connectivity index (χ2v) is 30.4. The molecule has 0 saturated heterocycles. The average molecular weight is 1380 g/mol. The molecule has 17 nitrogen and oxygen atoms in total. The lowest BCUT2D eigenvalue weighted by molar-refractivity contribution is -0.161. The summed E-state index contributed by atoms with van der Waals surface area (Å²) in [6.45, 7) is 9.64. The monoisotopic (exact) mass is 1380 g/mol. The van der Waals surface area contributed by atoms with Gasteiger partial charge in [0.25, 0.3) is 0 Å². The summed E-state index contributed by atoms with van der Waals surface area (Å²) in [5.41, 5.74) is 0. The number of hydrogen-bond acceptors (Lipinski definition) is 15. The minimum Gasteiger partial charge on any atom is -0.462 e. The second-order valence-electron chi connectivity index (χ2n) is 27.5. The number of phosphoric ester groups is 2. The molecule has 0 aliphatic carbocycles. The molecule has 0 spiro atoms. The Morgan fingerprint density at radius 2 is 0.511 bits per heavy atom. The molecule has 4 unspecified atom stereocenters. The zero-order valence-corrected chi connectivity index (χ0v) is 63.1. The predicted octanol–water partition coefficient (Wildman–Crippen LogP) is 21.9. The first-order valence-corrected chi connectivity index (χ1v) is 42.1. The van der Waals surface area contributed by atoms with Crippen LogP contribution >= 0.6 is 15.6 Å². The van der Waals surface area contributed by atoms with Crippen LogP contribution in [0.2, 0.25) is 0 Å². The summed E-state index contributed by atoms with van der Waals surface area (Å²) in [7, 11) is -9.91. The van der Waals surface area contributed by atoms with Crippen LogP contribution in [0.15, 0.2) is 0 Å². The van der Waals surface area contributed by atoms with Crippen molar-refractivity contribution in [2.45, 2.75) is 407 Å². The Kier molecular flexibility index (Phi) is 65.5. The van der Waals surface area contributed by atoms with Gasteiger partial charge < -0.3 is 33.8 Å². The summed E-state index contributed by atoms with van der Waals surface area (Å²) in [5, 5.41) is 10.6. The highest BCUT2D eigenvalue weighted by Crippen LogP contribution is 2.45. The van der Waals surface area contributed by atoms with Crippen molar-refractivity contribution >= 4 is 39.5 Å².